The van der Waals surface area contributed by atoms with E-state index in [4.69, 9.17) is 9.57 Å². The second-order valence-corrected chi connectivity index (χ2v) is 5.98. The van der Waals surface area contributed by atoms with Crippen LogP contribution in [0.5, 0.6) is 0 Å². The van der Waals surface area contributed by atoms with Crippen molar-refractivity contribution in [3.05, 3.63) is 12.3 Å². The maximum atomic E-state index is 12.0. The van der Waals surface area contributed by atoms with E-state index < -0.39 is 5.60 Å². The van der Waals surface area contributed by atoms with Gasteiger partial charge in [-0.1, -0.05) is 12.1 Å². The number of amidine groups is 1. The summed E-state index contributed by atoms with van der Waals surface area (Å²) in [6, 6.07) is 0. The van der Waals surface area contributed by atoms with Crippen LogP contribution >= 0.6 is 0 Å². The molecular weight excluding hydrogens is 270 g/mol. The van der Waals surface area contributed by atoms with E-state index in [1.807, 2.05) is 40.7 Å². The molecule has 0 spiro atoms. The molecule has 6 nitrogen and oxygen atoms in total. The minimum atomic E-state index is -0.453. The maximum absolute atomic E-state index is 12.0. The number of piperazine rings is 1. The highest BCUT2D eigenvalue weighted by Crippen LogP contribution is 2.12. The molecule has 1 aliphatic rings. The number of rotatable bonds is 3. The molecule has 0 aromatic carbocycles. The predicted molar refractivity (Wildman–Crippen MR) is 83.0 cm³/mol. The van der Waals surface area contributed by atoms with Crippen molar-refractivity contribution in [1.82, 2.24) is 9.80 Å². The molecule has 1 amide bonds. The first kappa shape index (κ1) is 17.3. The maximum Gasteiger partial charge on any atom is 0.410 e. The molecule has 21 heavy (non-hydrogen) atoms. The summed E-state index contributed by atoms with van der Waals surface area (Å²) in [7, 11) is 0. The molecule has 1 rings (SSSR count). The van der Waals surface area contributed by atoms with E-state index >= 15 is 0 Å². The quantitative estimate of drug-likeness (QED) is 0.348. The summed E-state index contributed by atoms with van der Waals surface area (Å²) in [5, 5.41) is 4.04. The number of hydrogen-bond acceptors (Lipinski definition) is 4. The van der Waals surface area contributed by atoms with Gasteiger partial charge in [0.1, 0.15) is 17.7 Å². The van der Waals surface area contributed by atoms with Crippen LogP contribution in [-0.4, -0.2) is 53.5 Å². The van der Waals surface area contributed by atoms with Gasteiger partial charge in [0, 0.05) is 26.2 Å². The zero-order valence-corrected chi connectivity index (χ0v) is 13.8. The molecule has 0 aromatic rings. The van der Waals surface area contributed by atoms with E-state index in [1.54, 1.807) is 11.2 Å². The highest BCUT2D eigenvalue weighted by Gasteiger charge is 2.26. The standard InChI is InChI=1S/C15H27N3O3/c1-6-7-12-20-16-13(2)17-8-10-18(11-9-17)14(19)21-15(3,4)5/h7,12H,6,8-11H2,1-5H3. The highest BCUT2D eigenvalue weighted by atomic mass is 16.6. The van der Waals surface area contributed by atoms with Gasteiger partial charge in [0.25, 0.3) is 0 Å². The van der Waals surface area contributed by atoms with Gasteiger partial charge >= 0.3 is 6.09 Å². The van der Waals surface area contributed by atoms with Gasteiger partial charge in [-0.2, -0.15) is 0 Å². The molecule has 0 bridgehead atoms. The molecule has 1 aliphatic heterocycles. The Hall–Kier alpha value is -1.72. The lowest BCUT2D eigenvalue weighted by atomic mass is 10.2. The van der Waals surface area contributed by atoms with E-state index in [9.17, 15) is 4.79 Å². The number of oxime groups is 1. The first-order valence-electron chi connectivity index (χ1n) is 7.42. The average molecular weight is 297 g/mol. The molecule has 0 N–H and O–H groups in total. The van der Waals surface area contributed by atoms with Crippen LogP contribution in [0, 0.1) is 0 Å². The third-order valence-electron chi connectivity index (χ3n) is 2.97. The van der Waals surface area contributed by atoms with Crippen molar-refractivity contribution in [1.29, 1.82) is 0 Å². The highest BCUT2D eigenvalue weighted by molar-refractivity contribution is 5.79. The molecule has 1 heterocycles. The SMILES string of the molecule is CCC=CON=C(C)N1CCN(C(=O)OC(C)(C)C)CC1. The fourth-order valence-electron chi connectivity index (χ4n) is 1.84. The zero-order chi connectivity index (χ0) is 15.9. The second kappa shape index (κ2) is 7.90. The van der Waals surface area contributed by atoms with E-state index in [-0.39, 0.29) is 6.09 Å². The van der Waals surface area contributed by atoms with E-state index in [2.05, 4.69) is 10.1 Å². The minimum Gasteiger partial charge on any atom is -0.444 e. The number of nitrogens with zero attached hydrogens (tertiary/aromatic N) is 3. The first-order valence-corrected chi connectivity index (χ1v) is 7.42. The summed E-state index contributed by atoms with van der Waals surface area (Å²) in [6.07, 6.45) is 4.15. The van der Waals surface area contributed by atoms with Crippen LogP contribution in [0.4, 0.5) is 4.79 Å². The number of ether oxygens (including phenoxy) is 1. The van der Waals surface area contributed by atoms with Crippen LogP contribution < -0.4 is 0 Å². The van der Waals surface area contributed by atoms with Crippen molar-refractivity contribution < 1.29 is 14.4 Å². The van der Waals surface area contributed by atoms with Crippen LogP contribution in [0.1, 0.15) is 41.0 Å². The Morgan fingerprint density at radius 1 is 1.19 bits per heavy atom. The number of carbonyl (C=O) groups excluding carboxylic acids is 1. The predicted octanol–water partition coefficient (Wildman–Crippen LogP) is 2.81. The second-order valence-electron chi connectivity index (χ2n) is 5.98. The molecule has 6 heteroatoms. The van der Waals surface area contributed by atoms with Crippen molar-refractivity contribution in [2.45, 2.75) is 46.6 Å². The Kier molecular flexibility index (Phi) is 6.52. The molecular formula is C15H27N3O3. The van der Waals surface area contributed by atoms with Gasteiger partial charge < -0.3 is 19.4 Å². The molecule has 1 saturated heterocycles. The lowest BCUT2D eigenvalue weighted by Crippen LogP contribution is -2.51. The molecule has 0 atom stereocenters. The van der Waals surface area contributed by atoms with Gasteiger partial charge in [-0.05, 0) is 40.2 Å². The van der Waals surface area contributed by atoms with Gasteiger partial charge in [-0.3, -0.25) is 0 Å². The summed E-state index contributed by atoms with van der Waals surface area (Å²) >= 11 is 0. The minimum absolute atomic E-state index is 0.251. The Morgan fingerprint density at radius 3 is 2.29 bits per heavy atom. The van der Waals surface area contributed by atoms with E-state index in [1.165, 1.54) is 0 Å². The zero-order valence-electron chi connectivity index (χ0n) is 13.8. The monoisotopic (exact) mass is 297 g/mol. The van der Waals surface area contributed by atoms with E-state index in [0.717, 1.165) is 25.3 Å². The van der Waals surface area contributed by atoms with Crippen LogP contribution in [0.25, 0.3) is 0 Å². The van der Waals surface area contributed by atoms with Crippen molar-refractivity contribution in [3.63, 3.8) is 0 Å². The molecule has 0 radical (unpaired) electrons. The van der Waals surface area contributed by atoms with Crippen molar-refractivity contribution in [2.75, 3.05) is 26.2 Å². The Balaban J connectivity index is 2.41. The van der Waals surface area contributed by atoms with E-state index in [0.29, 0.717) is 13.1 Å². The largest absolute Gasteiger partial charge is 0.444 e. The third kappa shape index (κ3) is 6.51. The lowest BCUT2D eigenvalue weighted by Gasteiger charge is -2.36. The normalized spacial score (nSPS) is 17.3. The number of allylic oxidation sites excluding steroid dienone is 1. The molecule has 0 aromatic heterocycles. The number of carbonyl (C=O) groups is 1. The smallest absolute Gasteiger partial charge is 0.410 e. The number of hydrogen-bond donors (Lipinski definition) is 0. The third-order valence-corrected chi connectivity index (χ3v) is 2.97. The summed E-state index contributed by atoms with van der Waals surface area (Å²) in [5.74, 6) is 0.819. The van der Waals surface area contributed by atoms with Gasteiger partial charge in [0.05, 0.1) is 0 Å². The Morgan fingerprint density at radius 2 is 1.76 bits per heavy atom. The lowest BCUT2D eigenvalue weighted by molar-refractivity contribution is 0.0185. The fourth-order valence-corrected chi connectivity index (χ4v) is 1.84. The molecule has 1 fully saturated rings. The Labute approximate surface area is 127 Å². The van der Waals surface area contributed by atoms with Gasteiger partial charge in [-0.15, -0.1) is 0 Å². The summed E-state index contributed by atoms with van der Waals surface area (Å²) in [4.78, 5) is 20.9. The molecule has 0 aliphatic carbocycles. The first-order chi connectivity index (χ1) is 9.83. The van der Waals surface area contributed by atoms with Crippen molar-refractivity contribution in [3.8, 4) is 0 Å². The Bertz CT molecular complexity index is 391. The molecule has 0 saturated carbocycles. The summed E-state index contributed by atoms with van der Waals surface area (Å²) in [6.45, 7) is 12.3. The van der Waals surface area contributed by atoms with Crippen LogP contribution in [-0.2, 0) is 9.57 Å². The van der Waals surface area contributed by atoms with Gasteiger partial charge in [0.15, 0.2) is 0 Å². The van der Waals surface area contributed by atoms with Crippen LogP contribution in [0.3, 0.4) is 0 Å². The number of amides is 1. The average Bonchev–Trinajstić information content (AvgIpc) is 2.41. The summed E-state index contributed by atoms with van der Waals surface area (Å²) in [5.41, 5.74) is -0.453. The fraction of sp³-hybridized carbons (Fsp3) is 0.733. The van der Waals surface area contributed by atoms with Crippen molar-refractivity contribution in [2.24, 2.45) is 5.16 Å². The molecule has 120 valence electrons. The topological polar surface area (TPSA) is 54.4 Å². The molecule has 0 unspecified atom stereocenters. The van der Waals surface area contributed by atoms with Crippen LogP contribution in [0.2, 0.25) is 0 Å². The summed E-state index contributed by atoms with van der Waals surface area (Å²) < 4.78 is 5.37. The van der Waals surface area contributed by atoms with Crippen molar-refractivity contribution >= 4 is 11.9 Å². The van der Waals surface area contributed by atoms with Crippen LogP contribution in [0.15, 0.2) is 17.5 Å². The van der Waals surface area contributed by atoms with Gasteiger partial charge in [0.2, 0.25) is 0 Å². The van der Waals surface area contributed by atoms with Gasteiger partial charge in [-0.25, -0.2) is 4.79 Å².